The van der Waals surface area contributed by atoms with Crippen LogP contribution in [0.2, 0.25) is 5.04 Å². The fraction of sp³-hybridized carbons (Fsp3) is 0.261. The highest BCUT2D eigenvalue weighted by molar-refractivity contribution is 6.99. The summed E-state index contributed by atoms with van der Waals surface area (Å²) in [5, 5.41) is 8.75. The first-order chi connectivity index (χ1) is 15.1. The summed E-state index contributed by atoms with van der Waals surface area (Å²) in [6.07, 6.45) is -2.03. The van der Waals surface area contributed by atoms with E-state index in [-0.39, 0.29) is 17.3 Å². The lowest BCUT2D eigenvalue weighted by atomic mass is 10.2. The Morgan fingerprint density at radius 3 is 1.94 bits per heavy atom. The lowest BCUT2D eigenvalue weighted by molar-refractivity contribution is -0.145. The molecule has 32 heavy (non-hydrogen) atoms. The van der Waals surface area contributed by atoms with Crippen molar-refractivity contribution in [1.82, 2.24) is 19.6 Å². The number of hydrogen-bond donors (Lipinski definition) is 0. The van der Waals surface area contributed by atoms with Crippen LogP contribution in [-0.2, 0) is 17.2 Å². The standard InChI is InChI=1S/C23H23F3N4OSi/c1-22(2,3)32(18-10-6-4-7-11-18,19-12-8-5-9-13-19)31-16-17-15-30-20(14-27-17)28-29-21(30)23(24,25)26/h4-15H,16H2,1-3H3. The average Bonchev–Trinajstić information content (AvgIpc) is 3.19. The summed E-state index contributed by atoms with van der Waals surface area (Å²) < 4.78 is 47.5. The Morgan fingerprint density at radius 2 is 1.44 bits per heavy atom. The number of aromatic nitrogens is 4. The van der Waals surface area contributed by atoms with Gasteiger partial charge in [-0.3, -0.25) is 9.38 Å². The zero-order valence-electron chi connectivity index (χ0n) is 18.0. The number of alkyl halides is 3. The molecular weight excluding hydrogens is 433 g/mol. The molecule has 0 atom stereocenters. The molecule has 166 valence electrons. The molecule has 0 aliphatic carbocycles. The van der Waals surface area contributed by atoms with Crippen LogP contribution in [0.1, 0.15) is 32.3 Å². The molecule has 0 saturated heterocycles. The minimum Gasteiger partial charge on any atom is -0.401 e. The fourth-order valence-electron chi connectivity index (χ4n) is 4.05. The number of nitrogens with zero attached hydrogens (tertiary/aromatic N) is 4. The molecule has 0 amide bonds. The molecule has 9 heteroatoms. The van der Waals surface area contributed by atoms with E-state index < -0.39 is 20.3 Å². The van der Waals surface area contributed by atoms with Crippen LogP contribution in [0.4, 0.5) is 13.2 Å². The van der Waals surface area contributed by atoms with Crippen molar-refractivity contribution in [3.05, 3.63) is 84.6 Å². The maximum absolute atomic E-state index is 13.3. The molecule has 0 radical (unpaired) electrons. The van der Waals surface area contributed by atoms with Gasteiger partial charge in [-0.25, -0.2) is 0 Å². The fourth-order valence-corrected chi connectivity index (χ4v) is 8.57. The SMILES string of the molecule is CC(C)(C)[Si](OCc1cn2c(C(F)(F)F)nnc2cn1)(c1ccccc1)c1ccccc1. The first-order valence-corrected chi connectivity index (χ1v) is 12.1. The van der Waals surface area contributed by atoms with E-state index in [2.05, 4.69) is 60.2 Å². The van der Waals surface area contributed by atoms with Gasteiger partial charge in [0.05, 0.1) is 18.5 Å². The predicted octanol–water partition coefficient (Wildman–Crippen LogP) is 4.22. The molecule has 2 aromatic heterocycles. The Labute approximate surface area is 185 Å². The maximum Gasteiger partial charge on any atom is 0.452 e. The minimum absolute atomic E-state index is 0.0338. The molecule has 0 N–H and O–H groups in total. The molecule has 0 aliphatic rings. The van der Waals surface area contributed by atoms with Gasteiger partial charge in [0, 0.05) is 6.20 Å². The molecule has 5 nitrogen and oxygen atoms in total. The second-order valence-corrected chi connectivity index (χ2v) is 12.9. The van der Waals surface area contributed by atoms with Crippen molar-refractivity contribution in [2.45, 2.75) is 38.6 Å². The molecule has 0 saturated carbocycles. The summed E-state index contributed by atoms with van der Waals surface area (Å²) in [7, 11) is -2.84. The first-order valence-electron chi connectivity index (χ1n) is 10.1. The zero-order chi connectivity index (χ0) is 23.0. The van der Waals surface area contributed by atoms with Gasteiger partial charge >= 0.3 is 6.18 Å². The van der Waals surface area contributed by atoms with Crippen LogP contribution in [0.15, 0.2) is 73.1 Å². The summed E-state index contributed by atoms with van der Waals surface area (Å²) in [6.45, 7) is 6.46. The average molecular weight is 457 g/mol. The third-order valence-electron chi connectivity index (χ3n) is 5.45. The van der Waals surface area contributed by atoms with Crippen LogP contribution in [0, 0.1) is 0 Å². The maximum atomic E-state index is 13.3. The van der Waals surface area contributed by atoms with Crippen molar-refractivity contribution < 1.29 is 17.6 Å². The Bertz CT molecular complexity index is 1170. The van der Waals surface area contributed by atoms with E-state index >= 15 is 0 Å². The van der Waals surface area contributed by atoms with E-state index in [1.165, 1.54) is 12.4 Å². The number of halogens is 3. The van der Waals surface area contributed by atoms with Crippen molar-refractivity contribution in [2.24, 2.45) is 0 Å². The van der Waals surface area contributed by atoms with E-state index in [9.17, 15) is 13.2 Å². The second kappa shape index (κ2) is 8.14. The number of hydrogen-bond acceptors (Lipinski definition) is 4. The Morgan fingerprint density at radius 1 is 0.875 bits per heavy atom. The quantitative estimate of drug-likeness (QED) is 0.422. The number of fused-ring (bicyclic) bond motifs is 1. The van der Waals surface area contributed by atoms with Gasteiger partial charge in [0.25, 0.3) is 8.32 Å². The highest BCUT2D eigenvalue weighted by Gasteiger charge is 2.50. The van der Waals surface area contributed by atoms with E-state index in [4.69, 9.17) is 4.43 Å². The van der Waals surface area contributed by atoms with Crippen LogP contribution in [0.5, 0.6) is 0 Å². The van der Waals surface area contributed by atoms with Crippen LogP contribution in [0.25, 0.3) is 5.65 Å². The molecule has 2 aromatic carbocycles. The summed E-state index contributed by atoms with van der Waals surface area (Å²) in [6, 6.07) is 20.1. The van der Waals surface area contributed by atoms with Gasteiger partial charge in [-0.05, 0) is 15.4 Å². The minimum atomic E-state index is -4.61. The topological polar surface area (TPSA) is 52.3 Å². The Kier molecular flexibility index (Phi) is 5.64. The smallest absolute Gasteiger partial charge is 0.401 e. The highest BCUT2D eigenvalue weighted by atomic mass is 28.4. The molecule has 2 heterocycles. The summed E-state index contributed by atoms with van der Waals surface area (Å²) in [5.74, 6) is -1.08. The van der Waals surface area contributed by atoms with E-state index in [0.717, 1.165) is 14.8 Å². The normalized spacial score (nSPS) is 12.9. The molecule has 0 fully saturated rings. The molecule has 0 spiro atoms. The monoisotopic (exact) mass is 456 g/mol. The molecule has 0 aliphatic heterocycles. The molecule has 4 rings (SSSR count). The van der Waals surface area contributed by atoms with Gasteiger partial charge < -0.3 is 4.43 Å². The van der Waals surface area contributed by atoms with Crippen LogP contribution in [0.3, 0.4) is 0 Å². The molecular formula is C23H23F3N4OSi. The van der Waals surface area contributed by atoms with Crippen LogP contribution < -0.4 is 10.4 Å². The first kappa shape index (κ1) is 22.2. The molecule has 0 bridgehead atoms. The van der Waals surface area contributed by atoms with Gasteiger partial charge in [-0.1, -0.05) is 81.4 Å². The third kappa shape index (κ3) is 3.93. The van der Waals surface area contributed by atoms with Gasteiger partial charge in [-0.2, -0.15) is 13.2 Å². The lowest BCUT2D eigenvalue weighted by Crippen LogP contribution is -2.66. The van der Waals surface area contributed by atoms with Crippen LogP contribution in [-0.4, -0.2) is 27.9 Å². The van der Waals surface area contributed by atoms with Crippen LogP contribution >= 0.6 is 0 Å². The Hall–Kier alpha value is -3.04. The van der Waals surface area contributed by atoms with Gasteiger partial charge in [0.2, 0.25) is 5.82 Å². The summed E-state index contributed by atoms with van der Waals surface area (Å²) in [4.78, 5) is 4.28. The van der Waals surface area contributed by atoms with Crippen molar-refractivity contribution in [3.8, 4) is 0 Å². The summed E-state index contributed by atoms with van der Waals surface area (Å²) >= 11 is 0. The van der Waals surface area contributed by atoms with E-state index in [1.807, 2.05) is 36.4 Å². The number of benzene rings is 2. The van der Waals surface area contributed by atoms with E-state index in [0.29, 0.717) is 5.69 Å². The Balaban J connectivity index is 1.79. The predicted molar refractivity (Wildman–Crippen MR) is 118 cm³/mol. The van der Waals surface area contributed by atoms with Crippen molar-refractivity contribution >= 4 is 24.3 Å². The van der Waals surface area contributed by atoms with Crippen molar-refractivity contribution in [1.29, 1.82) is 0 Å². The highest BCUT2D eigenvalue weighted by Crippen LogP contribution is 2.37. The van der Waals surface area contributed by atoms with Crippen molar-refractivity contribution in [2.75, 3.05) is 0 Å². The third-order valence-corrected chi connectivity index (χ3v) is 10.4. The second-order valence-electron chi connectivity index (χ2n) is 8.58. The lowest BCUT2D eigenvalue weighted by Gasteiger charge is -2.43. The zero-order valence-corrected chi connectivity index (χ0v) is 19.0. The molecule has 0 unspecified atom stereocenters. The van der Waals surface area contributed by atoms with Gasteiger partial charge in [0.15, 0.2) is 5.65 Å². The van der Waals surface area contributed by atoms with Gasteiger partial charge in [0.1, 0.15) is 0 Å². The van der Waals surface area contributed by atoms with Crippen molar-refractivity contribution in [3.63, 3.8) is 0 Å². The number of rotatable bonds is 5. The van der Waals surface area contributed by atoms with E-state index in [1.54, 1.807) is 0 Å². The van der Waals surface area contributed by atoms with Gasteiger partial charge in [-0.15, -0.1) is 10.2 Å². The largest absolute Gasteiger partial charge is 0.452 e. The summed E-state index contributed by atoms with van der Waals surface area (Å²) in [5.41, 5.74) is 0.405. The molecule has 4 aromatic rings.